The molecule has 0 radical (unpaired) electrons. The SMILES string of the molecule is COC(=O)C(C)Nc1nc(C(N)=O)cc(-c2ccc(Oc3ccc(F)cc3)cc2)n1. The van der Waals surface area contributed by atoms with Crippen molar-refractivity contribution in [2.75, 3.05) is 12.4 Å². The minimum absolute atomic E-state index is 0.00814. The molecule has 0 aliphatic rings. The van der Waals surface area contributed by atoms with E-state index in [9.17, 15) is 14.0 Å². The van der Waals surface area contributed by atoms with Crippen molar-refractivity contribution in [1.82, 2.24) is 9.97 Å². The predicted molar refractivity (Wildman–Crippen MR) is 108 cm³/mol. The van der Waals surface area contributed by atoms with Crippen LogP contribution in [0.1, 0.15) is 17.4 Å². The average molecular weight is 410 g/mol. The van der Waals surface area contributed by atoms with Crippen molar-refractivity contribution in [1.29, 1.82) is 0 Å². The number of amides is 1. The molecular formula is C21H19FN4O4. The van der Waals surface area contributed by atoms with Crippen LogP contribution in [-0.4, -0.2) is 35.0 Å². The van der Waals surface area contributed by atoms with E-state index in [0.717, 1.165) is 0 Å². The molecule has 3 N–H and O–H groups in total. The Kier molecular flexibility index (Phi) is 6.21. The third-order valence-electron chi connectivity index (χ3n) is 4.08. The number of esters is 1. The Morgan fingerprint density at radius 1 is 1.03 bits per heavy atom. The largest absolute Gasteiger partial charge is 0.467 e. The minimum atomic E-state index is -0.733. The second-order valence-corrected chi connectivity index (χ2v) is 6.30. The van der Waals surface area contributed by atoms with E-state index in [1.54, 1.807) is 31.2 Å². The molecule has 1 heterocycles. The zero-order valence-electron chi connectivity index (χ0n) is 16.3. The van der Waals surface area contributed by atoms with Crippen molar-refractivity contribution in [2.45, 2.75) is 13.0 Å². The summed E-state index contributed by atoms with van der Waals surface area (Å²) in [4.78, 5) is 31.7. The van der Waals surface area contributed by atoms with Crippen LogP contribution in [0.2, 0.25) is 0 Å². The Morgan fingerprint density at radius 2 is 1.63 bits per heavy atom. The summed E-state index contributed by atoms with van der Waals surface area (Å²) in [7, 11) is 1.27. The fourth-order valence-electron chi connectivity index (χ4n) is 2.55. The summed E-state index contributed by atoms with van der Waals surface area (Å²) in [6.07, 6.45) is 0. The summed E-state index contributed by atoms with van der Waals surface area (Å²) < 4.78 is 23.3. The second kappa shape index (κ2) is 8.99. The first-order valence-electron chi connectivity index (χ1n) is 8.93. The molecule has 0 saturated carbocycles. The molecule has 8 nitrogen and oxygen atoms in total. The smallest absolute Gasteiger partial charge is 0.328 e. The molecule has 2 aromatic carbocycles. The number of ether oxygens (including phenoxy) is 2. The van der Waals surface area contributed by atoms with Gasteiger partial charge in [-0.15, -0.1) is 0 Å². The van der Waals surface area contributed by atoms with Crippen LogP contribution >= 0.6 is 0 Å². The van der Waals surface area contributed by atoms with Crippen LogP contribution in [0, 0.1) is 5.82 Å². The van der Waals surface area contributed by atoms with Gasteiger partial charge >= 0.3 is 5.97 Å². The summed E-state index contributed by atoms with van der Waals surface area (Å²) in [5.74, 6) is -0.503. The van der Waals surface area contributed by atoms with E-state index < -0.39 is 17.9 Å². The number of anilines is 1. The molecule has 0 fully saturated rings. The van der Waals surface area contributed by atoms with Crippen LogP contribution in [0.3, 0.4) is 0 Å². The van der Waals surface area contributed by atoms with Gasteiger partial charge in [0, 0.05) is 5.56 Å². The topological polar surface area (TPSA) is 116 Å². The lowest BCUT2D eigenvalue weighted by molar-refractivity contribution is -0.141. The van der Waals surface area contributed by atoms with Gasteiger partial charge in [0.25, 0.3) is 5.91 Å². The summed E-state index contributed by atoms with van der Waals surface area (Å²) in [6.45, 7) is 1.58. The highest BCUT2D eigenvalue weighted by atomic mass is 19.1. The third-order valence-corrected chi connectivity index (χ3v) is 4.08. The number of carbonyl (C=O) groups excluding carboxylic acids is 2. The number of halogens is 1. The predicted octanol–water partition coefficient (Wildman–Crippen LogP) is 3.15. The number of nitrogens with one attached hydrogen (secondary N) is 1. The van der Waals surface area contributed by atoms with E-state index in [1.165, 1.54) is 37.4 Å². The summed E-state index contributed by atoms with van der Waals surface area (Å²) >= 11 is 0. The Bertz CT molecular complexity index is 1060. The van der Waals surface area contributed by atoms with E-state index in [4.69, 9.17) is 10.5 Å². The number of nitrogens with zero attached hydrogens (tertiary/aromatic N) is 2. The number of methoxy groups -OCH3 is 1. The van der Waals surface area contributed by atoms with Gasteiger partial charge in [0.1, 0.15) is 29.1 Å². The highest BCUT2D eigenvalue weighted by Gasteiger charge is 2.17. The molecule has 3 aromatic rings. The molecule has 0 bridgehead atoms. The number of rotatable bonds is 7. The molecule has 3 rings (SSSR count). The van der Waals surface area contributed by atoms with E-state index >= 15 is 0 Å². The van der Waals surface area contributed by atoms with Crippen LogP contribution in [-0.2, 0) is 9.53 Å². The first-order valence-corrected chi connectivity index (χ1v) is 8.93. The van der Waals surface area contributed by atoms with Gasteiger partial charge in [-0.05, 0) is 61.5 Å². The molecule has 1 atom stereocenters. The van der Waals surface area contributed by atoms with Crippen molar-refractivity contribution < 1.29 is 23.5 Å². The van der Waals surface area contributed by atoms with Crippen molar-refractivity contribution in [3.63, 3.8) is 0 Å². The molecule has 0 aliphatic heterocycles. The molecule has 0 saturated heterocycles. The normalized spacial score (nSPS) is 11.4. The van der Waals surface area contributed by atoms with Gasteiger partial charge < -0.3 is 20.5 Å². The maximum Gasteiger partial charge on any atom is 0.328 e. The van der Waals surface area contributed by atoms with E-state index in [2.05, 4.69) is 20.0 Å². The van der Waals surface area contributed by atoms with Crippen LogP contribution in [0.25, 0.3) is 11.3 Å². The number of hydrogen-bond acceptors (Lipinski definition) is 7. The molecule has 9 heteroatoms. The summed E-state index contributed by atoms with van der Waals surface area (Å²) in [5, 5.41) is 2.79. The van der Waals surface area contributed by atoms with Gasteiger partial charge in [-0.2, -0.15) is 0 Å². The first-order chi connectivity index (χ1) is 14.4. The fraction of sp³-hybridized carbons (Fsp3) is 0.143. The minimum Gasteiger partial charge on any atom is -0.467 e. The molecule has 0 spiro atoms. The van der Waals surface area contributed by atoms with Gasteiger partial charge in [0.05, 0.1) is 12.8 Å². The number of carbonyl (C=O) groups is 2. The number of benzene rings is 2. The molecule has 1 amide bonds. The molecular weight excluding hydrogens is 391 g/mol. The Balaban J connectivity index is 1.85. The number of aromatic nitrogens is 2. The number of hydrogen-bond donors (Lipinski definition) is 2. The van der Waals surface area contributed by atoms with Crippen LogP contribution < -0.4 is 15.8 Å². The molecule has 154 valence electrons. The average Bonchev–Trinajstić information content (AvgIpc) is 2.75. The molecule has 1 aromatic heterocycles. The van der Waals surface area contributed by atoms with Crippen LogP contribution in [0.15, 0.2) is 54.6 Å². The maximum absolute atomic E-state index is 13.0. The standard InChI is InChI=1S/C21H19FN4O4/c1-12(20(28)29-2)24-21-25-17(11-18(26-21)19(23)27)13-3-7-15(8-4-13)30-16-9-5-14(22)6-10-16/h3-12H,1-2H3,(H2,23,27)(H,24,25,26). The lowest BCUT2D eigenvalue weighted by atomic mass is 10.1. The van der Waals surface area contributed by atoms with Gasteiger partial charge in [0.15, 0.2) is 0 Å². The van der Waals surface area contributed by atoms with E-state index in [1.807, 2.05) is 0 Å². The van der Waals surface area contributed by atoms with Gasteiger partial charge in [-0.3, -0.25) is 4.79 Å². The van der Waals surface area contributed by atoms with E-state index in [-0.39, 0.29) is 17.5 Å². The summed E-state index contributed by atoms with van der Waals surface area (Å²) in [6, 6.07) is 13.3. The van der Waals surface area contributed by atoms with Gasteiger partial charge in [0.2, 0.25) is 5.95 Å². The van der Waals surface area contributed by atoms with Crippen LogP contribution in [0.4, 0.5) is 10.3 Å². The van der Waals surface area contributed by atoms with Gasteiger partial charge in [-0.25, -0.2) is 19.2 Å². The lowest BCUT2D eigenvalue weighted by Gasteiger charge is -2.13. The summed E-state index contributed by atoms with van der Waals surface area (Å²) in [5.41, 5.74) is 6.45. The highest BCUT2D eigenvalue weighted by Crippen LogP contribution is 2.26. The molecule has 30 heavy (non-hydrogen) atoms. The zero-order valence-corrected chi connectivity index (χ0v) is 16.3. The van der Waals surface area contributed by atoms with Crippen molar-refractivity contribution in [3.05, 3.63) is 66.1 Å². The monoisotopic (exact) mass is 410 g/mol. The molecule has 0 aliphatic carbocycles. The zero-order chi connectivity index (χ0) is 21.7. The van der Waals surface area contributed by atoms with Crippen molar-refractivity contribution in [3.8, 4) is 22.8 Å². The second-order valence-electron chi connectivity index (χ2n) is 6.30. The first kappa shape index (κ1) is 20.7. The van der Waals surface area contributed by atoms with Crippen molar-refractivity contribution >= 4 is 17.8 Å². The molecule has 1 unspecified atom stereocenters. The Hall–Kier alpha value is -4.01. The quantitative estimate of drug-likeness (QED) is 0.575. The highest BCUT2D eigenvalue weighted by molar-refractivity contribution is 5.92. The third kappa shape index (κ3) is 5.07. The van der Waals surface area contributed by atoms with Gasteiger partial charge in [-0.1, -0.05) is 0 Å². The number of nitrogens with two attached hydrogens (primary N) is 1. The Morgan fingerprint density at radius 3 is 2.20 bits per heavy atom. The number of primary amides is 1. The van der Waals surface area contributed by atoms with E-state index in [0.29, 0.717) is 22.8 Å². The fourth-order valence-corrected chi connectivity index (χ4v) is 2.55. The Labute approximate surface area is 171 Å². The van der Waals surface area contributed by atoms with Crippen molar-refractivity contribution in [2.24, 2.45) is 5.73 Å². The maximum atomic E-state index is 13.0. The van der Waals surface area contributed by atoms with Crippen LogP contribution in [0.5, 0.6) is 11.5 Å². The lowest BCUT2D eigenvalue weighted by Crippen LogP contribution is -2.28.